The van der Waals surface area contributed by atoms with Crippen molar-refractivity contribution in [2.45, 2.75) is 58.0 Å². The van der Waals surface area contributed by atoms with Crippen LogP contribution in [-0.2, 0) is 31.3 Å². The molecule has 2 N–H and O–H groups in total. The molecular formula is C17H24N4. The Morgan fingerprint density at radius 1 is 1.24 bits per heavy atom. The normalized spacial score (nSPS) is 17.3. The molecule has 4 nitrogen and oxygen atoms in total. The molecule has 1 aliphatic carbocycles. The quantitative estimate of drug-likeness (QED) is 0.939. The molecule has 0 fully saturated rings. The zero-order valence-corrected chi connectivity index (χ0v) is 13.0. The smallest absolute Gasteiger partial charge is 0.138 e. The first kappa shape index (κ1) is 14.3. The molecule has 0 amide bonds. The molecule has 1 unspecified atom stereocenters. The van der Waals surface area contributed by atoms with Crippen LogP contribution in [0.5, 0.6) is 0 Å². The van der Waals surface area contributed by atoms with Crippen molar-refractivity contribution in [3.05, 3.63) is 47.0 Å². The van der Waals surface area contributed by atoms with Crippen LogP contribution in [0.15, 0.2) is 24.5 Å². The van der Waals surface area contributed by atoms with Crippen LogP contribution in [0.2, 0.25) is 0 Å². The summed E-state index contributed by atoms with van der Waals surface area (Å²) in [5.74, 6) is 0.959. The fourth-order valence-electron chi connectivity index (χ4n) is 3.21. The number of hydrogen-bond donors (Lipinski definition) is 1. The first-order valence-electron chi connectivity index (χ1n) is 7.88. The molecule has 3 rings (SSSR count). The molecule has 1 aliphatic rings. The number of fused-ring (bicyclic) bond motifs is 1. The molecule has 0 spiro atoms. The van der Waals surface area contributed by atoms with Crippen LogP contribution in [0.4, 0.5) is 0 Å². The van der Waals surface area contributed by atoms with E-state index >= 15 is 0 Å². The van der Waals surface area contributed by atoms with Gasteiger partial charge in [0.1, 0.15) is 12.2 Å². The van der Waals surface area contributed by atoms with E-state index in [9.17, 15) is 0 Å². The molecule has 0 bridgehead atoms. The van der Waals surface area contributed by atoms with Gasteiger partial charge in [0.05, 0.1) is 0 Å². The lowest BCUT2D eigenvalue weighted by molar-refractivity contribution is 0.456. The van der Waals surface area contributed by atoms with Crippen LogP contribution in [0.25, 0.3) is 0 Å². The van der Waals surface area contributed by atoms with Crippen molar-refractivity contribution in [2.75, 3.05) is 0 Å². The third kappa shape index (κ3) is 2.86. The van der Waals surface area contributed by atoms with Crippen molar-refractivity contribution in [2.24, 2.45) is 5.73 Å². The van der Waals surface area contributed by atoms with E-state index in [1.807, 2.05) is 4.68 Å². The van der Waals surface area contributed by atoms with Crippen LogP contribution in [0.1, 0.15) is 49.2 Å². The van der Waals surface area contributed by atoms with Crippen LogP contribution in [-0.4, -0.2) is 14.8 Å². The average Bonchev–Trinajstić information content (AvgIpc) is 2.93. The van der Waals surface area contributed by atoms with E-state index < -0.39 is 5.54 Å². The first-order valence-corrected chi connectivity index (χ1v) is 7.88. The Morgan fingerprint density at radius 3 is 2.76 bits per heavy atom. The number of benzene rings is 1. The number of nitrogens with zero attached hydrogens (tertiary/aromatic N) is 3. The molecule has 21 heavy (non-hydrogen) atoms. The second-order valence-corrected chi connectivity index (χ2v) is 6.28. The van der Waals surface area contributed by atoms with Gasteiger partial charge in [-0.3, -0.25) is 4.68 Å². The number of hydrogen-bond acceptors (Lipinski definition) is 3. The lowest BCUT2D eigenvalue weighted by Gasteiger charge is -2.27. The summed E-state index contributed by atoms with van der Waals surface area (Å²) >= 11 is 0. The molecule has 4 heteroatoms. The average molecular weight is 284 g/mol. The maximum absolute atomic E-state index is 6.60. The van der Waals surface area contributed by atoms with Crippen molar-refractivity contribution < 1.29 is 0 Å². The predicted octanol–water partition coefficient (Wildman–Crippen LogP) is 2.59. The number of rotatable bonds is 4. The summed E-state index contributed by atoms with van der Waals surface area (Å²) in [7, 11) is 0. The van der Waals surface area contributed by atoms with Gasteiger partial charge in [0.2, 0.25) is 0 Å². The molecule has 1 atom stereocenters. The summed E-state index contributed by atoms with van der Waals surface area (Å²) in [4.78, 5) is 4.36. The Morgan fingerprint density at radius 2 is 2.00 bits per heavy atom. The van der Waals surface area contributed by atoms with Crippen LogP contribution < -0.4 is 5.73 Å². The highest BCUT2D eigenvalue weighted by atomic mass is 15.3. The van der Waals surface area contributed by atoms with Gasteiger partial charge in [0.15, 0.2) is 0 Å². The molecule has 1 heterocycles. The summed E-state index contributed by atoms with van der Waals surface area (Å²) < 4.78 is 1.92. The fraction of sp³-hybridized carbons (Fsp3) is 0.529. The molecule has 2 aromatic rings. The molecule has 0 saturated heterocycles. The third-order valence-corrected chi connectivity index (χ3v) is 4.53. The Bertz CT molecular complexity index is 627. The summed E-state index contributed by atoms with van der Waals surface area (Å²) in [5.41, 5.74) is 10.4. The van der Waals surface area contributed by atoms with Gasteiger partial charge in [0.25, 0.3) is 0 Å². The summed E-state index contributed by atoms with van der Waals surface area (Å²) in [6.45, 7) is 4.99. The molecule has 1 aromatic heterocycles. The number of nitrogens with two attached hydrogens (primary N) is 1. The van der Waals surface area contributed by atoms with Gasteiger partial charge in [0, 0.05) is 18.5 Å². The molecule has 1 aromatic carbocycles. The maximum Gasteiger partial charge on any atom is 0.138 e. The predicted molar refractivity (Wildman–Crippen MR) is 84.0 cm³/mol. The van der Waals surface area contributed by atoms with Gasteiger partial charge in [-0.05, 0) is 56.2 Å². The van der Waals surface area contributed by atoms with E-state index in [2.05, 4.69) is 42.1 Å². The number of aryl methyl sites for hydroxylation is 3. The van der Waals surface area contributed by atoms with E-state index in [-0.39, 0.29) is 0 Å². The van der Waals surface area contributed by atoms with Gasteiger partial charge in [-0.25, -0.2) is 4.98 Å². The second-order valence-electron chi connectivity index (χ2n) is 6.28. The molecule has 0 saturated carbocycles. The van der Waals surface area contributed by atoms with E-state index in [0.717, 1.165) is 12.4 Å². The largest absolute Gasteiger partial charge is 0.321 e. The standard InChI is InChI=1S/C17H24N4/c1-3-21-16(19-12-20-21)11-17(2,18)15-9-8-13-6-4-5-7-14(13)10-15/h8-10,12H,3-7,11,18H2,1-2H3. The molecule has 0 aliphatic heterocycles. The molecule has 112 valence electrons. The summed E-state index contributed by atoms with van der Waals surface area (Å²) in [5, 5.41) is 4.23. The monoisotopic (exact) mass is 284 g/mol. The Labute approximate surface area is 126 Å². The lowest BCUT2D eigenvalue weighted by atomic mass is 9.84. The molecule has 0 radical (unpaired) electrons. The van der Waals surface area contributed by atoms with Crippen molar-refractivity contribution >= 4 is 0 Å². The lowest BCUT2D eigenvalue weighted by Crippen LogP contribution is -2.36. The van der Waals surface area contributed by atoms with Gasteiger partial charge in [-0.1, -0.05) is 18.2 Å². The minimum atomic E-state index is -0.410. The zero-order valence-electron chi connectivity index (χ0n) is 13.0. The van der Waals surface area contributed by atoms with E-state index in [1.165, 1.54) is 42.4 Å². The van der Waals surface area contributed by atoms with Crippen LogP contribution in [0, 0.1) is 0 Å². The van der Waals surface area contributed by atoms with Gasteiger partial charge < -0.3 is 5.73 Å². The van der Waals surface area contributed by atoms with Gasteiger partial charge >= 0.3 is 0 Å². The first-order chi connectivity index (χ1) is 10.1. The van der Waals surface area contributed by atoms with E-state index in [1.54, 1.807) is 6.33 Å². The van der Waals surface area contributed by atoms with Gasteiger partial charge in [-0.2, -0.15) is 5.10 Å². The molecular weight excluding hydrogens is 260 g/mol. The highest BCUT2D eigenvalue weighted by Crippen LogP contribution is 2.28. The van der Waals surface area contributed by atoms with Crippen molar-refractivity contribution in [3.8, 4) is 0 Å². The summed E-state index contributed by atoms with van der Waals surface area (Å²) in [6.07, 6.45) is 7.32. The van der Waals surface area contributed by atoms with Crippen LogP contribution in [0.3, 0.4) is 0 Å². The highest BCUT2D eigenvalue weighted by Gasteiger charge is 2.25. The van der Waals surface area contributed by atoms with Crippen LogP contribution >= 0.6 is 0 Å². The SMILES string of the molecule is CCn1ncnc1CC(C)(N)c1ccc2c(c1)CCCC2. The van der Waals surface area contributed by atoms with Gasteiger partial charge in [-0.15, -0.1) is 0 Å². The van der Waals surface area contributed by atoms with E-state index in [0.29, 0.717) is 6.42 Å². The Hall–Kier alpha value is -1.68. The topological polar surface area (TPSA) is 56.7 Å². The minimum absolute atomic E-state index is 0.410. The van der Waals surface area contributed by atoms with Crippen molar-refractivity contribution in [3.63, 3.8) is 0 Å². The third-order valence-electron chi connectivity index (χ3n) is 4.53. The second kappa shape index (κ2) is 5.60. The van der Waals surface area contributed by atoms with Crippen molar-refractivity contribution in [1.82, 2.24) is 14.8 Å². The minimum Gasteiger partial charge on any atom is -0.321 e. The number of aromatic nitrogens is 3. The fourth-order valence-corrected chi connectivity index (χ4v) is 3.21. The highest BCUT2D eigenvalue weighted by molar-refractivity contribution is 5.37. The van der Waals surface area contributed by atoms with E-state index in [4.69, 9.17) is 5.73 Å². The Kier molecular flexibility index (Phi) is 3.81. The Balaban J connectivity index is 1.87. The maximum atomic E-state index is 6.60. The summed E-state index contributed by atoms with van der Waals surface area (Å²) in [6, 6.07) is 6.76. The zero-order chi connectivity index (χ0) is 14.9. The van der Waals surface area contributed by atoms with Crippen molar-refractivity contribution in [1.29, 1.82) is 0 Å².